The number of aromatic nitrogens is 1. The highest BCUT2D eigenvalue weighted by molar-refractivity contribution is 9.10. The van der Waals surface area contributed by atoms with Crippen LogP contribution in [0.5, 0.6) is 5.75 Å². The summed E-state index contributed by atoms with van der Waals surface area (Å²) in [5.41, 5.74) is -0.0398. The maximum atomic E-state index is 12.8. The Bertz CT molecular complexity index is 558. The third kappa shape index (κ3) is 3.70. The number of ether oxygens (including phenoxy) is 1. The van der Waals surface area contributed by atoms with Gasteiger partial charge in [0.05, 0.1) is 5.56 Å². The predicted octanol–water partition coefficient (Wildman–Crippen LogP) is 4.44. The maximum absolute atomic E-state index is 12.8. The first kappa shape index (κ1) is 13.9. The van der Waals surface area contributed by atoms with Crippen LogP contribution in [0.1, 0.15) is 11.1 Å². The van der Waals surface area contributed by atoms with Crippen LogP contribution < -0.4 is 4.74 Å². The molecule has 1 heterocycles. The van der Waals surface area contributed by atoms with Gasteiger partial charge in [0.25, 0.3) is 0 Å². The van der Waals surface area contributed by atoms with Gasteiger partial charge in [0.1, 0.15) is 12.4 Å². The zero-order valence-corrected chi connectivity index (χ0v) is 11.2. The van der Waals surface area contributed by atoms with Crippen LogP contribution in [0.2, 0.25) is 0 Å². The first-order chi connectivity index (χ1) is 8.97. The molecule has 0 unspecified atom stereocenters. The number of nitrogens with zero attached hydrogens (tertiary/aromatic N) is 1. The summed E-state index contributed by atoms with van der Waals surface area (Å²) in [5, 5.41) is 0. The summed E-state index contributed by atoms with van der Waals surface area (Å²) in [4.78, 5) is 3.83. The van der Waals surface area contributed by atoms with Crippen molar-refractivity contribution in [1.29, 1.82) is 0 Å². The molecule has 0 aliphatic rings. The Morgan fingerprint density at radius 1 is 1.11 bits per heavy atom. The lowest BCUT2D eigenvalue weighted by Crippen LogP contribution is -2.08. The van der Waals surface area contributed by atoms with E-state index >= 15 is 0 Å². The molecule has 2 rings (SSSR count). The van der Waals surface area contributed by atoms with Crippen LogP contribution in [0.15, 0.2) is 47.2 Å². The fraction of sp³-hybridized carbons (Fsp3) is 0.154. The van der Waals surface area contributed by atoms with Crippen molar-refractivity contribution in [3.05, 3.63) is 58.3 Å². The summed E-state index contributed by atoms with van der Waals surface area (Å²) in [5.74, 6) is -0.187. The SMILES string of the molecule is FC(F)(F)c1cc(Br)ccc1OCc1ccncc1. The Morgan fingerprint density at radius 3 is 2.42 bits per heavy atom. The van der Waals surface area contributed by atoms with E-state index in [2.05, 4.69) is 20.9 Å². The van der Waals surface area contributed by atoms with Gasteiger partial charge in [-0.05, 0) is 35.9 Å². The van der Waals surface area contributed by atoms with Gasteiger partial charge in [-0.25, -0.2) is 0 Å². The van der Waals surface area contributed by atoms with Gasteiger partial charge in [0.2, 0.25) is 0 Å². The Balaban J connectivity index is 2.21. The Morgan fingerprint density at radius 2 is 1.79 bits per heavy atom. The van der Waals surface area contributed by atoms with Gasteiger partial charge in [-0.2, -0.15) is 13.2 Å². The second kappa shape index (κ2) is 5.61. The molecule has 2 nitrogen and oxygen atoms in total. The van der Waals surface area contributed by atoms with E-state index in [0.29, 0.717) is 4.47 Å². The summed E-state index contributed by atoms with van der Waals surface area (Å²) in [6.07, 6.45) is -1.33. The van der Waals surface area contributed by atoms with Crippen molar-refractivity contribution in [2.24, 2.45) is 0 Å². The Kier molecular flexibility index (Phi) is 4.09. The van der Waals surface area contributed by atoms with Crippen LogP contribution in [-0.2, 0) is 12.8 Å². The van der Waals surface area contributed by atoms with Crippen LogP contribution in [0, 0.1) is 0 Å². The smallest absolute Gasteiger partial charge is 0.420 e. The number of halogens is 4. The fourth-order valence-electron chi connectivity index (χ4n) is 1.49. The third-order valence-corrected chi connectivity index (χ3v) is 2.88. The lowest BCUT2D eigenvalue weighted by atomic mass is 10.2. The topological polar surface area (TPSA) is 22.1 Å². The molecule has 0 radical (unpaired) electrons. The lowest BCUT2D eigenvalue weighted by Gasteiger charge is -2.14. The van der Waals surface area contributed by atoms with Crippen LogP contribution >= 0.6 is 15.9 Å². The molecule has 0 bridgehead atoms. The quantitative estimate of drug-likeness (QED) is 0.829. The van der Waals surface area contributed by atoms with E-state index in [0.717, 1.165) is 11.6 Å². The molecule has 0 fully saturated rings. The first-order valence-electron chi connectivity index (χ1n) is 5.35. The summed E-state index contributed by atoms with van der Waals surface area (Å²) in [7, 11) is 0. The minimum Gasteiger partial charge on any atom is -0.488 e. The van der Waals surface area contributed by atoms with Crippen LogP contribution in [0.3, 0.4) is 0 Å². The molecule has 0 amide bonds. The molecule has 0 N–H and O–H groups in total. The van der Waals surface area contributed by atoms with Crippen molar-refractivity contribution in [2.75, 3.05) is 0 Å². The Labute approximate surface area is 116 Å². The first-order valence-corrected chi connectivity index (χ1v) is 6.14. The molecule has 1 aromatic heterocycles. The maximum Gasteiger partial charge on any atom is 0.420 e. The summed E-state index contributed by atoms with van der Waals surface area (Å²) >= 11 is 3.02. The average Bonchev–Trinajstić information content (AvgIpc) is 2.37. The molecular weight excluding hydrogens is 323 g/mol. The zero-order chi connectivity index (χ0) is 13.9. The molecule has 0 aliphatic heterocycles. The monoisotopic (exact) mass is 331 g/mol. The van der Waals surface area contributed by atoms with E-state index in [1.54, 1.807) is 24.5 Å². The van der Waals surface area contributed by atoms with Crippen molar-refractivity contribution >= 4 is 15.9 Å². The highest BCUT2D eigenvalue weighted by Crippen LogP contribution is 2.38. The van der Waals surface area contributed by atoms with E-state index in [4.69, 9.17) is 4.74 Å². The van der Waals surface area contributed by atoms with E-state index in [1.807, 2.05) is 0 Å². The number of hydrogen-bond donors (Lipinski definition) is 0. The number of benzene rings is 1. The molecule has 0 saturated carbocycles. The zero-order valence-electron chi connectivity index (χ0n) is 9.62. The number of rotatable bonds is 3. The highest BCUT2D eigenvalue weighted by atomic mass is 79.9. The second-order valence-corrected chi connectivity index (χ2v) is 4.70. The van der Waals surface area contributed by atoms with E-state index in [1.165, 1.54) is 12.1 Å². The van der Waals surface area contributed by atoms with Crippen LogP contribution in [-0.4, -0.2) is 4.98 Å². The van der Waals surface area contributed by atoms with Crippen molar-refractivity contribution < 1.29 is 17.9 Å². The van der Waals surface area contributed by atoms with E-state index in [9.17, 15) is 13.2 Å². The molecule has 1 aromatic carbocycles. The number of hydrogen-bond acceptors (Lipinski definition) is 2. The van der Waals surface area contributed by atoms with Crippen molar-refractivity contribution in [3.8, 4) is 5.75 Å². The van der Waals surface area contributed by atoms with Crippen molar-refractivity contribution in [3.63, 3.8) is 0 Å². The molecule has 19 heavy (non-hydrogen) atoms. The normalized spacial score (nSPS) is 11.4. The predicted molar refractivity (Wildman–Crippen MR) is 67.7 cm³/mol. The molecule has 0 spiro atoms. The molecule has 2 aromatic rings. The number of pyridine rings is 1. The second-order valence-electron chi connectivity index (χ2n) is 3.78. The minimum absolute atomic E-state index is 0.0627. The Hall–Kier alpha value is -1.56. The van der Waals surface area contributed by atoms with Gasteiger partial charge < -0.3 is 4.74 Å². The van der Waals surface area contributed by atoms with Crippen molar-refractivity contribution in [2.45, 2.75) is 12.8 Å². The fourth-order valence-corrected chi connectivity index (χ4v) is 1.85. The summed E-state index contributed by atoms with van der Waals surface area (Å²) in [6.45, 7) is 0.0627. The third-order valence-electron chi connectivity index (χ3n) is 2.39. The van der Waals surface area contributed by atoms with Gasteiger partial charge in [0.15, 0.2) is 0 Å². The van der Waals surface area contributed by atoms with E-state index < -0.39 is 11.7 Å². The standard InChI is InChI=1S/C13H9BrF3NO/c14-10-1-2-12(11(7-10)13(15,16)17)19-8-9-3-5-18-6-4-9/h1-7H,8H2. The summed E-state index contributed by atoms with van der Waals surface area (Å²) < 4.78 is 44.1. The molecule has 0 aliphatic carbocycles. The van der Waals surface area contributed by atoms with E-state index in [-0.39, 0.29) is 12.4 Å². The van der Waals surface area contributed by atoms with Gasteiger partial charge in [-0.3, -0.25) is 4.98 Å². The highest BCUT2D eigenvalue weighted by Gasteiger charge is 2.34. The molecule has 0 atom stereocenters. The molecular formula is C13H9BrF3NO. The molecule has 0 saturated heterocycles. The molecule has 6 heteroatoms. The number of alkyl halides is 3. The molecule has 100 valence electrons. The lowest BCUT2D eigenvalue weighted by molar-refractivity contribution is -0.139. The van der Waals surface area contributed by atoms with Gasteiger partial charge in [-0.1, -0.05) is 15.9 Å². The minimum atomic E-state index is -4.45. The van der Waals surface area contributed by atoms with Gasteiger partial charge in [0, 0.05) is 16.9 Å². The largest absolute Gasteiger partial charge is 0.488 e. The summed E-state index contributed by atoms with van der Waals surface area (Å²) in [6, 6.07) is 7.19. The van der Waals surface area contributed by atoms with Crippen LogP contribution in [0.25, 0.3) is 0 Å². The van der Waals surface area contributed by atoms with Crippen LogP contribution in [0.4, 0.5) is 13.2 Å². The average molecular weight is 332 g/mol. The van der Waals surface area contributed by atoms with Crippen molar-refractivity contribution in [1.82, 2.24) is 4.98 Å². The van der Waals surface area contributed by atoms with Gasteiger partial charge in [-0.15, -0.1) is 0 Å². The van der Waals surface area contributed by atoms with Gasteiger partial charge >= 0.3 is 6.18 Å².